The van der Waals surface area contributed by atoms with Crippen LogP contribution in [-0.2, 0) is 16.1 Å². The largest absolute Gasteiger partial charge is 0.379 e. The van der Waals surface area contributed by atoms with Crippen molar-refractivity contribution in [1.29, 1.82) is 0 Å². The van der Waals surface area contributed by atoms with E-state index in [1.807, 2.05) is 18.3 Å². The molecule has 0 saturated carbocycles. The standard InChI is InChI=1S/C18H27N4O2/c1-24-16(12-21-11-14-4-3-9-20-10-14)13-22-15-5-2-7-18(22,8-6-15)17(19)23/h2-4,9-10,15-16,21H,5-8,11-13H2,1H3,(H2,19,23)/t15-,16?,18+/m1/s1. The number of nitrogens with two attached hydrogens (primary N) is 1. The van der Waals surface area contributed by atoms with Gasteiger partial charge < -0.3 is 15.8 Å². The smallest absolute Gasteiger partial charge is 0.237 e. The number of methoxy groups -OCH3 is 1. The van der Waals surface area contributed by atoms with Crippen LogP contribution in [0.3, 0.4) is 0 Å². The van der Waals surface area contributed by atoms with Crippen LogP contribution < -0.4 is 11.1 Å². The van der Waals surface area contributed by atoms with Gasteiger partial charge in [-0.1, -0.05) is 6.07 Å². The lowest BCUT2D eigenvalue weighted by Crippen LogP contribution is -2.60. The van der Waals surface area contributed by atoms with Gasteiger partial charge in [0.2, 0.25) is 5.91 Å². The summed E-state index contributed by atoms with van der Waals surface area (Å²) in [5.74, 6) is -0.195. The monoisotopic (exact) mass is 331 g/mol. The highest BCUT2D eigenvalue weighted by Gasteiger charge is 2.52. The molecule has 2 fully saturated rings. The molecule has 2 saturated heterocycles. The summed E-state index contributed by atoms with van der Waals surface area (Å²) in [4.78, 5) is 18.5. The number of aromatic nitrogens is 1. The van der Waals surface area contributed by atoms with Gasteiger partial charge in [0.25, 0.3) is 0 Å². The van der Waals surface area contributed by atoms with Crippen LogP contribution in [0.1, 0.15) is 31.2 Å². The fourth-order valence-electron chi connectivity index (χ4n) is 4.04. The molecule has 3 atom stereocenters. The summed E-state index contributed by atoms with van der Waals surface area (Å²) in [6.45, 7) is 2.22. The van der Waals surface area contributed by atoms with Gasteiger partial charge in [-0.3, -0.25) is 14.7 Å². The lowest BCUT2D eigenvalue weighted by molar-refractivity contribution is -0.131. The van der Waals surface area contributed by atoms with Gasteiger partial charge in [-0.25, -0.2) is 0 Å². The van der Waals surface area contributed by atoms with Gasteiger partial charge in [-0.05, 0) is 43.7 Å². The van der Waals surface area contributed by atoms with E-state index in [4.69, 9.17) is 10.5 Å². The second-order valence-corrected chi connectivity index (χ2v) is 6.82. The average Bonchev–Trinajstić information content (AvgIpc) is 2.80. The first-order chi connectivity index (χ1) is 11.7. The third kappa shape index (κ3) is 3.45. The van der Waals surface area contributed by atoms with Gasteiger partial charge in [0, 0.05) is 45.2 Å². The third-order valence-electron chi connectivity index (χ3n) is 5.42. The molecule has 0 aliphatic carbocycles. The summed E-state index contributed by atoms with van der Waals surface area (Å²) in [6, 6.07) is 4.40. The molecule has 2 bridgehead atoms. The number of primary amides is 1. The van der Waals surface area contributed by atoms with Gasteiger partial charge in [-0.2, -0.15) is 0 Å². The van der Waals surface area contributed by atoms with Crippen LogP contribution >= 0.6 is 0 Å². The molecule has 1 aromatic heterocycles. The summed E-state index contributed by atoms with van der Waals surface area (Å²) in [5, 5.41) is 3.42. The topological polar surface area (TPSA) is 80.5 Å². The van der Waals surface area contributed by atoms with Gasteiger partial charge in [-0.15, -0.1) is 0 Å². The quantitative estimate of drug-likeness (QED) is 0.739. The number of pyridine rings is 1. The maximum absolute atomic E-state index is 12.1. The highest BCUT2D eigenvalue weighted by Crippen LogP contribution is 2.43. The molecule has 1 radical (unpaired) electrons. The number of rotatable bonds is 8. The van der Waals surface area contributed by atoms with Crippen molar-refractivity contribution in [2.75, 3.05) is 20.2 Å². The molecule has 6 nitrogen and oxygen atoms in total. The van der Waals surface area contributed by atoms with Crippen LogP contribution in [0.15, 0.2) is 24.5 Å². The van der Waals surface area contributed by atoms with Gasteiger partial charge in [0.05, 0.1) is 6.10 Å². The summed E-state index contributed by atoms with van der Waals surface area (Å²) in [6.07, 6.45) is 9.58. The number of carbonyl (C=O) groups is 1. The van der Waals surface area contributed by atoms with Crippen LogP contribution in [0.4, 0.5) is 0 Å². The Kier molecular flexibility index (Phi) is 5.48. The zero-order valence-corrected chi connectivity index (χ0v) is 14.3. The molecule has 3 N–H and O–H groups in total. The Balaban J connectivity index is 1.57. The Bertz CT molecular complexity index is 549. The first-order valence-corrected chi connectivity index (χ1v) is 8.66. The van der Waals surface area contributed by atoms with E-state index in [-0.39, 0.29) is 12.0 Å². The normalized spacial score (nSPS) is 28.0. The molecular weight excluding hydrogens is 304 g/mol. The van der Waals surface area contributed by atoms with Crippen LogP contribution in [0.25, 0.3) is 0 Å². The highest BCUT2D eigenvalue weighted by atomic mass is 16.5. The number of nitrogens with one attached hydrogen (secondary N) is 1. The number of piperidine rings is 1. The average molecular weight is 331 g/mol. The van der Waals surface area contributed by atoms with Crippen LogP contribution in [0.5, 0.6) is 0 Å². The Morgan fingerprint density at radius 1 is 1.62 bits per heavy atom. The summed E-state index contributed by atoms with van der Waals surface area (Å²) in [7, 11) is 1.73. The second-order valence-electron chi connectivity index (χ2n) is 6.82. The molecule has 1 unspecified atom stereocenters. The molecule has 131 valence electrons. The lowest BCUT2D eigenvalue weighted by atomic mass is 9.87. The molecule has 2 aliphatic heterocycles. The molecule has 0 spiro atoms. The van der Waals surface area contributed by atoms with Crippen molar-refractivity contribution < 1.29 is 9.53 Å². The SMILES string of the molecule is COC(CNCc1cccnc1)CN1[C@@H]2C[CH]C[C@@]1(C(N)=O)CC2. The van der Waals surface area contributed by atoms with Crippen molar-refractivity contribution in [3.63, 3.8) is 0 Å². The molecule has 0 aromatic carbocycles. The van der Waals surface area contributed by atoms with Crippen molar-refractivity contribution in [2.24, 2.45) is 5.73 Å². The Morgan fingerprint density at radius 3 is 3.21 bits per heavy atom. The minimum Gasteiger partial charge on any atom is -0.379 e. The predicted octanol–water partition coefficient (Wildman–Crippen LogP) is 0.873. The van der Waals surface area contributed by atoms with Crippen molar-refractivity contribution in [3.8, 4) is 0 Å². The minimum atomic E-state index is -0.497. The fourth-order valence-corrected chi connectivity index (χ4v) is 4.04. The number of carbonyl (C=O) groups excluding carboxylic acids is 1. The molecule has 1 amide bonds. The predicted molar refractivity (Wildman–Crippen MR) is 91.9 cm³/mol. The zero-order valence-electron chi connectivity index (χ0n) is 14.3. The molecule has 24 heavy (non-hydrogen) atoms. The van der Waals surface area contributed by atoms with E-state index in [1.54, 1.807) is 13.3 Å². The summed E-state index contributed by atoms with van der Waals surface area (Å²) >= 11 is 0. The number of nitrogens with zero attached hydrogens (tertiary/aromatic N) is 2. The highest BCUT2D eigenvalue weighted by molar-refractivity contribution is 5.85. The van der Waals surface area contributed by atoms with E-state index in [1.165, 1.54) is 0 Å². The fraction of sp³-hybridized carbons (Fsp3) is 0.611. The first-order valence-electron chi connectivity index (χ1n) is 8.66. The molecule has 1 aromatic rings. The van der Waals surface area contributed by atoms with E-state index in [0.29, 0.717) is 6.04 Å². The number of hydrogen-bond acceptors (Lipinski definition) is 5. The van der Waals surface area contributed by atoms with Gasteiger partial charge in [0.1, 0.15) is 5.54 Å². The number of ether oxygens (including phenoxy) is 1. The minimum absolute atomic E-state index is 0.0269. The van der Waals surface area contributed by atoms with E-state index in [2.05, 4.69) is 21.6 Å². The Labute approximate surface area is 143 Å². The number of amides is 1. The van der Waals surface area contributed by atoms with Crippen molar-refractivity contribution in [1.82, 2.24) is 15.2 Å². The summed E-state index contributed by atoms with van der Waals surface area (Å²) in [5.41, 5.74) is 6.41. The van der Waals surface area contributed by atoms with Crippen LogP contribution in [-0.4, -0.2) is 53.7 Å². The Hall–Kier alpha value is -1.50. The first kappa shape index (κ1) is 17.3. The van der Waals surface area contributed by atoms with E-state index in [0.717, 1.165) is 50.9 Å². The van der Waals surface area contributed by atoms with Crippen LogP contribution in [0.2, 0.25) is 0 Å². The van der Waals surface area contributed by atoms with Crippen molar-refractivity contribution >= 4 is 5.91 Å². The molecule has 3 heterocycles. The number of hydrogen-bond donors (Lipinski definition) is 2. The molecule has 2 aliphatic rings. The third-order valence-corrected chi connectivity index (χ3v) is 5.42. The number of fused-ring (bicyclic) bond motifs is 2. The van der Waals surface area contributed by atoms with Crippen molar-refractivity contribution in [2.45, 2.75) is 49.9 Å². The van der Waals surface area contributed by atoms with Gasteiger partial charge >= 0.3 is 0 Å². The van der Waals surface area contributed by atoms with E-state index < -0.39 is 5.54 Å². The molecule has 6 heteroatoms. The van der Waals surface area contributed by atoms with Crippen molar-refractivity contribution in [3.05, 3.63) is 36.5 Å². The maximum Gasteiger partial charge on any atom is 0.237 e. The van der Waals surface area contributed by atoms with Crippen LogP contribution in [0, 0.1) is 6.42 Å². The molecule has 3 rings (SSSR count). The zero-order chi connectivity index (χ0) is 17.0. The van der Waals surface area contributed by atoms with E-state index in [9.17, 15) is 4.79 Å². The van der Waals surface area contributed by atoms with Gasteiger partial charge in [0.15, 0.2) is 0 Å². The van der Waals surface area contributed by atoms with E-state index >= 15 is 0 Å². The molecular formula is C18H27N4O2. The second kappa shape index (κ2) is 7.59. The maximum atomic E-state index is 12.1. The lowest BCUT2D eigenvalue weighted by Gasteiger charge is -2.43. The summed E-state index contributed by atoms with van der Waals surface area (Å²) < 4.78 is 5.66. The Morgan fingerprint density at radius 2 is 2.50 bits per heavy atom.